The van der Waals surface area contributed by atoms with Gasteiger partial charge in [0.05, 0.1) is 28.4 Å². The van der Waals surface area contributed by atoms with Crippen LogP contribution in [0.5, 0.6) is 5.75 Å². The number of carbonyl (C=O) groups is 2. The zero-order valence-electron chi connectivity index (χ0n) is 13.4. The molecule has 2 amide bonds. The van der Waals surface area contributed by atoms with Gasteiger partial charge >= 0.3 is 0 Å². The third-order valence-corrected chi connectivity index (χ3v) is 4.25. The topological polar surface area (TPSA) is 80.6 Å². The first kappa shape index (κ1) is 16.8. The first-order valence-corrected chi connectivity index (χ1v) is 8.47. The van der Waals surface area contributed by atoms with E-state index < -0.39 is 0 Å². The molecule has 0 bridgehead atoms. The fraction of sp³-hybridized carbons (Fsp3) is 0.111. The minimum Gasteiger partial charge on any atom is -0.492 e. The number of hydrogen-bond acceptors (Lipinski definition) is 5. The maximum absolute atomic E-state index is 12.4. The van der Waals surface area contributed by atoms with E-state index in [1.54, 1.807) is 36.4 Å². The number of thiophene rings is 1. The minimum absolute atomic E-state index is 0.213. The molecule has 3 rings (SSSR count). The molecule has 2 heterocycles. The van der Waals surface area contributed by atoms with Gasteiger partial charge in [-0.2, -0.15) is 0 Å². The van der Waals surface area contributed by atoms with E-state index >= 15 is 0 Å². The lowest BCUT2D eigenvalue weighted by molar-refractivity contribution is 0.0995. The summed E-state index contributed by atoms with van der Waals surface area (Å²) in [5.74, 6) is 0.197. The molecule has 25 heavy (non-hydrogen) atoms. The van der Waals surface area contributed by atoms with Gasteiger partial charge in [-0.3, -0.25) is 9.59 Å². The van der Waals surface area contributed by atoms with Crippen molar-refractivity contribution in [3.63, 3.8) is 0 Å². The number of rotatable bonds is 6. The van der Waals surface area contributed by atoms with E-state index in [0.717, 1.165) is 0 Å². The molecule has 3 aromatic rings. The largest absolute Gasteiger partial charge is 0.492 e. The van der Waals surface area contributed by atoms with Crippen molar-refractivity contribution in [2.75, 3.05) is 17.2 Å². The van der Waals surface area contributed by atoms with E-state index in [1.165, 1.54) is 17.6 Å². The molecule has 0 aliphatic heterocycles. The molecule has 0 aliphatic rings. The maximum atomic E-state index is 12.4. The van der Waals surface area contributed by atoms with Gasteiger partial charge in [-0.05, 0) is 43.3 Å². The summed E-state index contributed by atoms with van der Waals surface area (Å²) in [7, 11) is 0. The van der Waals surface area contributed by atoms with Crippen LogP contribution in [0, 0.1) is 0 Å². The molecule has 1 aromatic carbocycles. The summed E-state index contributed by atoms with van der Waals surface area (Å²) >= 11 is 1.18. The second kappa shape index (κ2) is 7.67. The van der Waals surface area contributed by atoms with Gasteiger partial charge < -0.3 is 19.8 Å². The van der Waals surface area contributed by atoms with Crippen LogP contribution in [0.4, 0.5) is 10.7 Å². The van der Waals surface area contributed by atoms with E-state index in [-0.39, 0.29) is 17.6 Å². The Bertz CT molecular complexity index is 871. The minimum atomic E-state index is -0.361. The van der Waals surface area contributed by atoms with Crippen LogP contribution in [0.3, 0.4) is 0 Å². The fourth-order valence-corrected chi connectivity index (χ4v) is 2.94. The van der Waals surface area contributed by atoms with Crippen LogP contribution in [-0.4, -0.2) is 18.4 Å². The lowest BCUT2D eigenvalue weighted by atomic mass is 10.3. The molecule has 0 radical (unpaired) electrons. The van der Waals surface area contributed by atoms with Gasteiger partial charge in [-0.15, -0.1) is 11.3 Å². The Hall–Kier alpha value is -3.06. The SMILES string of the molecule is CCOc1ccccc1NC(=O)c1ccc(NC(=O)c2ccco2)s1. The summed E-state index contributed by atoms with van der Waals surface area (Å²) in [5, 5.41) is 6.08. The fourth-order valence-electron chi connectivity index (χ4n) is 2.14. The Kier molecular flexibility index (Phi) is 5.15. The third-order valence-electron chi connectivity index (χ3n) is 3.25. The molecule has 0 atom stereocenters. The average molecular weight is 356 g/mol. The van der Waals surface area contributed by atoms with E-state index in [0.29, 0.717) is 27.9 Å². The molecule has 6 nitrogen and oxygen atoms in total. The highest BCUT2D eigenvalue weighted by atomic mass is 32.1. The van der Waals surface area contributed by atoms with Gasteiger partial charge in [-0.25, -0.2) is 0 Å². The van der Waals surface area contributed by atoms with E-state index in [4.69, 9.17) is 9.15 Å². The molecule has 0 saturated heterocycles. The Morgan fingerprint density at radius 2 is 1.88 bits per heavy atom. The molecular weight excluding hydrogens is 340 g/mol. The summed E-state index contributed by atoms with van der Waals surface area (Å²) in [6, 6.07) is 13.8. The van der Waals surface area contributed by atoms with Gasteiger partial charge in [0.2, 0.25) is 0 Å². The number of para-hydroxylation sites is 2. The molecule has 0 aliphatic carbocycles. The number of benzene rings is 1. The zero-order valence-corrected chi connectivity index (χ0v) is 14.3. The smallest absolute Gasteiger partial charge is 0.291 e. The Morgan fingerprint density at radius 1 is 1.04 bits per heavy atom. The first-order chi connectivity index (χ1) is 12.2. The van der Waals surface area contributed by atoms with Crippen LogP contribution in [0.2, 0.25) is 0 Å². The van der Waals surface area contributed by atoms with Crippen molar-refractivity contribution in [3.05, 3.63) is 65.4 Å². The van der Waals surface area contributed by atoms with Crippen molar-refractivity contribution in [1.82, 2.24) is 0 Å². The lowest BCUT2D eigenvalue weighted by Gasteiger charge is -2.10. The zero-order chi connectivity index (χ0) is 17.6. The second-order valence-corrected chi connectivity index (χ2v) is 6.06. The molecule has 7 heteroatoms. The molecule has 0 saturated carbocycles. The van der Waals surface area contributed by atoms with Crippen molar-refractivity contribution < 1.29 is 18.7 Å². The number of nitrogens with one attached hydrogen (secondary N) is 2. The number of ether oxygens (including phenoxy) is 1. The first-order valence-electron chi connectivity index (χ1n) is 7.65. The molecule has 0 fully saturated rings. The number of carbonyl (C=O) groups excluding carboxylic acids is 2. The van der Waals surface area contributed by atoms with Crippen LogP contribution in [-0.2, 0) is 0 Å². The van der Waals surface area contributed by atoms with Gasteiger partial charge in [-0.1, -0.05) is 12.1 Å². The van der Waals surface area contributed by atoms with Crippen molar-refractivity contribution in [2.24, 2.45) is 0 Å². The van der Waals surface area contributed by atoms with Gasteiger partial charge in [0.25, 0.3) is 11.8 Å². The van der Waals surface area contributed by atoms with Crippen molar-refractivity contribution in [1.29, 1.82) is 0 Å². The normalized spacial score (nSPS) is 10.3. The molecule has 0 unspecified atom stereocenters. The maximum Gasteiger partial charge on any atom is 0.291 e. The third kappa shape index (κ3) is 4.07. The van der Waals surface area contributed by atoms with Crippen LogP contribution < -0.4 is 15.4 Å². The summed E-state index contributed by atoms with van der Waals surface area (Å²) in [5.41, 5.74) is 0.601. The highest BCUT2D eigenvalue weighted by Crippen LogP contribution is 2.27. The number of furan rings is 1. The number of anilines is 2. The molecular formula is C18H16N2O4S. The van der Waals surface area contributed by atoms with E-state index in [2.05, 4.69) is 10.6 Å². The predicted molar refractivity (Wildman–Crippen MR) is 96.5 cm³/mol. The van der Waals surface area contributed by atoms with Crippen LogP contribution in [0.25, 0.3) is 0 Å². The monoisotopic (exact) mass is 356 g/mol. The summed E-state index contributed by atoms with van der Waals surface area (Å²) < 4.78 is 10.5. The Morgan fingerprint density at radius 3 is 2.64 bits per heavy atom. The quantitative estimate of drug-likeness (QED) is 0.692. The summed E-state index contributed by atoms with van der Waals surface area (Å²) in [6.07, 6.45) is 1.43. The summed E-state index contributed by atoms with van der Waals surface area (Å²) in [6.45, 7) is 2.39. The molecule has 0 spiro atoms. The lowest BCUT2D eigenvalue weighted by Crippen LogP contribution is -2.11. The predicted octanol–water partition coefficient (Wildman–Crippen LogP) is 4.24. The second-order valence-electron chi connectivity index (χ2n) is 4.98. The highest BCUT2D eigenvalue weighted by Gasteiger charge is 2.14. The average Bonchev–Trinajstić information content (AvgIpc) is 3.28. The van der Waals surface area contributed by atoms with Crippen molar-refractivity contribution in [2.45, 2.75) is 6.92 Å². The number of amides is 2. The van der Waals surface area contributed by atoms with E-state index in [1.807, 2.05) is 19.1 Å². The van der Waals surface area contributed by atoms with Gasteiger partial charge in [0, 0.05) is 0 Å². The standard InChI is InChI=1S/C18H16N2O4S/c1-2-23-13-7-4-3-6-12(13)19-18(22)15-9-10-16(25-15)20-17(21)14-8-5-11-24-14/h3-11H,2H2,1H3,(H,19,22)(H,20,21). The molecule has 128 valence electrons. The van der Waals surface area contributed by atoms with Gasteiger partial charge in [0.1, 0.15) is 5.75 Å². The van der Waals surface area contributed by atoms with E-state index in [9.17, 15) is 9.59 Å². The number of hydrogen-bond donors (Lipinski definition) is 2. The molecule has 2 aromatic heterocycles. The van der Waals surface area contributed by atoms with Crippen LogP contribution >= 0.6 is 11.3 Å². The summed E-state index contributed by atoms with van der Waals surface area (Å²) in [4.78, 5) is 24.8. The molecule has 2 N–H and O–H groups in total. The van der Waals surface area contributed by atoms with Crippen LogP contribution in [0.1, 0.15) is 27.2 Å². The van der Waals surface area contributed by atoms with Crippen molar-refractivity contribution >= 4 is 33.8 Å². The van der Waals surface area contributed by atoms with Crippen molar-refractivity contribution in [3.8, 4) is 5.75 Å². The van der Waals surface area contributed by atoms with Gasteiger partial charge in [0.15, 0.2) is 5.76 Å². The Labute approximate surface area is 148 Å². The van der Waals surface area contributed by atoms with Crippen LogP contribution in [0.15, 0.2) is 59.2 Å². The highest BCUT2D eigenvalue weighted by molar-refractivity contribution is 7.18. The Balaban J connectivity index is 1.68.